The van der Waals surface area contributed by atoms with E-state index in [1.54, 1.807) is 18.6 Å². The lowest BCUT2D eigenvalue weighted by Crippen LogP contribution is -2.37. The summed E-state index contributed by atoms with van der Waals surface area (Å²) in [5.41, 5.74) is -0.689. The zero-order valence-corrected chi connectivity index (χ0v) is 8.87. The van der Waals surface area contributed by atoms with Crippen molar-refractivity contribution in [1.29, 1.82) is 0 Å². The molecule has 86 valence electrons. The summed E-state index contributed by atoms with van der Waals surface area (Å²) in [5.74, 6) is -1.62. The molecule has 0 aromatic carbocycles. The Bertz CT molecular complexity index is 385. The fourth-order valence-electron chi connectivity index (χ4n) is 2.54. The van der Waals surface area contributed by atoms with Crippen LogP contribution >= 0.6 is 0 Å². The molecule has 2 fully saturated rings. The molecule has 0 N–H and O–H groups in total. The van der Waals surface area contributed by atoms with Gasteiger partial charge in [0, 0.05) is 37.3 Å². The molecule has 1 aromatic heterocycles. The van der Waals surface area contributed by atoms with Crippen molar-refractivity contribution in [3.05, 3.63) is 18.6 Å². The van der Waals surface area contributed by atoms with Crippen molar-refractivity contribution >= 4 is 5.82 Å². The first kappa shape index (κ1) is 9.93. The van der Waals surface area contributed by atoms with E-state index < -0.39 is 11.3 Å². The van der Waals surface area contributed by atoms with Crippen molar-refractivity contribution in [2.75, 3.05) is 18.0 Å². The molecule has 3 rings (SSSR count). The predicted molar refractivity (Wildman–Crippen MR) is 55.5 cm³/mol. The van der Waals surface area contributed by atoms with Crippen LogP contribution in [0, 0.1) is 5.41 Å². The highest BCUT2D eigenvalue weighted by Crippen LogP contribution is 2.65. The van der Waals surface area contributed by atoms with Gasteiger partial charge in [0.25, 0.3) is 5.92 Å². The van der Waals surface area contributed by atoms with Crippen LogP contribution in [0.25, 0.3) is 0 Å². The molecule has 2 aliphatic rings. The molecule has 1 aromatic rings. The molecule has 1 spiro atoms. The van der Waals surface area contributed by atoms with Crippen LogP contribution in [-0.2, 0) is 0 Å². The van der Waals surface area contributed by atoms with Gasteiger partial charge in [0.1, 0.15) is 5.82 Å². The van der Waals surface area contributed by atoms with Gasteiger partial charge in [-0.2, -0.15) is 0 Å². The van der Waals surface area contributed by atoms with Crippen LogP contribution in [0.3, 0.4) is 0 Å². The molecule has 1 aliphatic carbocycles. The molecule has 1 saturated heterocycles. The molecular formula is C11H13F2N3. The molecule has 1 saturated carbocycles. The standard InChI is InChI=1S/C11H13F2N3/c12-11(13)8-10(11)1-5-16(6-2-10)9-7-14-3-4-15-9/h3-4,7H,1-2,5-6,8H2. The zero-order chi connectivity index (χ0) is 11.2. The summed E-state index contributed by atoms with van der Waals surface area (Å²) < 4.78 is 26.3. The lowest BCUT2D eigenvalue weighted by molar-refractivity contribution is 0.0536. The van der Waals surface area contributed by atoms with Gasteiger partial charge in [-0.25, -0.2) is 13.8 Å². The lowest BCUT2D eigenvalue weighted by Gasteiger charge is -2.32. The predicted octanol–water partition coefficient (Wildman–Crippen LogP) is 2.10. The summed E-state index contributed by atoms with van der Waals surface area (Å²) in [7, 11) is 0. The van der Waals surface area contributed by atoms with Gasteiger partial charge in [-0.15, -0.1) is 0 Å². The van der Waals surface area contributed by atoms with Gasteiger partial charge in [0.2, 0.25) is 0 Å². The average Bonchev–Trinajstić information content (AvgIpc) is 2.82. The van der Waals surface area contributed by atoms with E-state index in [4.69, 9.17) is 0 Å². The van der Waals surface area contributed by atoms with E-state index >= 15 is 0 Å². The molecule has 0 bridgehead atoms. The summed E-state index contributed by atoms with van der Waals surface area (Å²) in [6.07, 6.45) is 6.14. The highest BCUT2D eigenvalue weighted by atomic mass is 19.3. The first-order valence-corrected chi connectivity index (χ1v) is 5.52. The fraction of sp³-hybridized carbons (Fsp3) is 0.636. The number of rotatable bonds is 1. The summed E-state index contributed by atoms with van der Waals surface area (Å²) >= 11 is 0. The van der Waals surface area contributed by atoms with Crippen LogP contribution in [0.5, 0.6) is 0 Å². The molecule has 0 radical (unpaired) electrons. The van der Waals surface area contributed by atoms with Crippen LogP contribution in [-0.4, -0.2) is 29.0 Å². The van der Waals surface area contributed by atoms with Crippen molar-refractivity contribution in [1.82, 2.24) is 9.97 Å². The van der Waals surface area contributed by atoms with Crippen LogP contribution < -0.4 is 4.90 Å². The second kappa shape index (κ2) is 3.12. The van der Waals surface area contributed by atoms with E-state index in [-0.39, 0.29) is 6.42 Å². The van der Waals surface area contributed by atoms with Crippen LogP contribution in [0.1, 0.15) is 19.3 Å². The summed E-state index contributed by atoms with van der Waals surface area (Å²) in [5, 5.41) is 0. The van der Waals surface area contributed by atoms with E-state index in [0.717, 1.165) is 5.82 Å². The van der Waals surface area contributed by atoms with Gasteiger partial charge in [-0.05, 0) is 12.8 Å². The number of hydrogen-bond acceptors (Lipinski definition) is 3. The molecular weight excluding hydrogens is 212 g/mol. The Kier molecular flexibility index (Phi) is 1.94. The van der Waals surface area contributed by atoms with Crippen LogP contribution in [0.4, 0.5) is 14.6 Å². The maximum Gasteiger partial charge on any atom is 0.254 e. The highest BCUT2D eigenvalue weighted by Gasteiger charge is 2.70. The van der Waals surface area contributed by atoms with Crippen LogP contribution in [0.15, 0.2) is 18.6 Å². The minimum Gasteiger partial charge on any atom is -0.355 e. The first-order valence-electron chi connectivity index (χ1n) is 5.52. The Hall–Kier alpha value is -1.26. The molecule has 0 amide bonds. The number of aromatic nitrogens is 2. The Morgan fingerprint density at radius 2 is 1.88 bits per heavy atom. The van der Waals surface area contributed by atoms with Crippen molar-refractivity contribution in [3.63, 3.8) is 0 Å². The van der Waals surface area contributed by atoms with E-state index in [1.165, 1.54) is 0 Å². The third-order valence-corrected chi connectivity index (χ3v) is 3.81. The fourth-order valence-corrected chi connectivity index (χ4v) is 2.54. The SMILES string of the molecule is FC1(F)CC12CCN(c1cnccn1)CC2. The number of halogens is 2. The monoisotopic (exact) mass is 225 g/mol. The third-order valence-electron chi connectivity index (χ3n) is 3.81. The quantitative estimate of drug-likeness (QED) is 0.733. The molecule has 0 atom stereocenters. The number of alkyl halides is 2. The smallest absolute Gasteiger partial charge is 0.254 e. The molecule has 16 heavy (non-hydrogen) atoms. The number of anilines is 1. The number of nitrogens with zero attached hydrogens (tertiary/aromatic N) is 3. The summed E-state index contributed by atoms with van der Waals surface area (Å²) in [6.45, 7) is 1.32. The topological polar surface area (TPSA) is 29.0 Å². The normalized spacial score (nSPS) is 25.8. The van der Waals surface area contributed by atoms with Gasteiger partial charge in [-0.1, -0.05) is 0 Å². The first-order chi connectivity index (χ1) is 7.63. The Labute approximate surface area is 92.5 Å². The zero-order valence-electron chi connectivity index (χ0n) is 8.87. The minimum atomic E-state index is -2.42. The second-order valence-corrected chi connectivity index (χ2v) is 4.71. The Morgan fingerprint density at radius 1 is 1.19 bits per heavy atom. The maximum atomic E-state index is 13.2. The molecule has 2 heterocycles. The third kappa shape index (κ3) is 1.37. The molecule has 3 nitrogen and oxygen atoms in total. The van der Waals surface area contributed by atoms with Gasteiger partial charge >= 0.3 is 0 Å². The molecule has 5 heteroatoms. The highest BCUT2D eigenvalue weighted by molar-refractivity contribution is 5.36. The van der Waals surface area contributed by atoms with Crippen LogP contribution in [0.2, 0.25) is 0 Å². The maximum absolute atomic E-state index is 13.2. The van der Waals surface area contributed by atoms with E-state index in [1.807, 2.05) is 4.90 Å². The van der Waals surface area contributed by atoms with Crippen molar-refractivity contribution in [2.24, 2.45) is 5.41 Å². The van der Waals surface area contributed by atoms with Gasteiger partial charge in [0.15, 0.2) is 0 Å². The number of piperidine rings is 1. The molecule has 1 aliphatic heterocycles. The minimum absolute atomic E-state index is 0.0777. The van der Waals surface area contributed by atoms with E-state index in [9.17, 15) is 8.78 Å². The average molecular weight is 225 g/mol. The summed E-state index contributed by atoms with van der Waals surface area (Å²) in [6, 6.07) is 0. The second-order valence-electron chi connectivity index (χ2n) is 4.71. The van der Waals surface area contributed by atoms with Gasteiger partial charge in [-0.3, -0.25) is 4.98 Å². The number of hydrogen-bond donors (Lipinski definition) is 0. The van der Waals surface area contributed by atoms with Crippen molar-refractivity contribution < 1.29 is 8.78 Å². The van der Waals surface area contributed by atoms with Crippen molar-refractivity contribution in [2.45, 2.75) is 25.2 Å². The van der Waals surface area contributed by atoms with Gasteiger partial charge in [0.05, 0.1) is 6.20 Å². The van der Waals surface area contributed by atoms with E-state index in [0.29, 0.717) is 25.9 Å². The molecule has 0 unspecified atom stereocenters. The van der Waals surface area contributed by atoms with Gasteiger partial charge < -0.3 is 4.90 Å². The largest absolute Gasteiger partial charge is 0.355 e. The van der Waals surface area contributed by atoms with Crippen molar-refractivity contribution in [3.8, 4) is 0 Å². The lowest BCUT2D eigenvalue weighted by atomic mass is 9.93. The Morgan fingerprint density at radius 3 is 2.38 bits per heavy atom. The Balaban J connectivity index is 1.68. The summed E-state index contributed by atoms with van der Waals surface area (Å²) in [4.78, 5) is 10.2. The van der Waals surface area contributed by atoms with E-state index in [2.05, 4.69) is 9.97 Å².